The molecule has 1 amide bonds. The van der Waals surface area contributed by atoms with Gasteiger partial charge < -0.3 is 20.4 Å². The van der Waals surface area contributed by atoms with Crippen LogP contribution >= 0.6 is 11.3 Å². The molecule has 0 bridgehead atoms. The minimum Gasteiger partial charge on any atom is -0.360 e. The number of piperazine rings is 1. The van der Waals surface area contributed by atoms with Gasteiger partial charge >= 0.3 is 0 Å². The molecule has 0 radical (unpaired) electrons. The molecule has 2 N–H and O–H groups in total. The summed E-state index contributed by atoms with van der Waals surface area (Å²) in [6.07, 6.45) is 5.40. The summed E-state index contributed by atoms with van der Waals surface area (Å²) in [4.78, 5) is 21.4. The Balaban J connectivity index is 1.56. The number of hydrogen-bond donors (Lipinski definition) is 2. The van der Waals surface area contributed by atoms with Crippen molar-refractivity contribution in [2.45, 2.75) is 6.92 Å². The van der Waals surface area contributed by atoms with Crippen molar-refractivity contribution in [1.82, 2.24) is 10.2 Å². The molecule has 3 rings (SSSR count). The number of carbonyl (C=O) groups excluding carboxylic acids is 1. The number of thiophene rings is 1. The molecular weight excluding hydrogens is 370 g/mol. The summed E-state index contributed by atoms with van der Waals surface area (Å²) in [6, 6.07) is 11.5. The number of terminal acetylenes is 1. The van der Waals surface area contributed by atoms with Gasteiger partial charge in [0.05, 0.1) is 5.00 Å². The second-order valence-electron chi connectivity index (χ2n) is 6.37. The van der Waals surface area contributed by atoms with Crippen molar-refractivity contribution in [1.29, 1.82) is 0 Å². The molecule has 1 aliphatic heterocycles. The van der Waals surface area contributed by atoms with Crippen LogP contribution in [0.3, 0.4) is 0 Å². The fourth-order valence-corrected chi connectivity index (χ4v) is 3.83. The van der Waals surface area contributed by atoms with Crippen LogP contribution in [0.15, 0.2) is 46.8 Å². The standard InChI is InChI=1S/C21H25N5OS/c1-3-17-7-5-8-18(15-17)24-19(27)16-23-21(22-4-2)26-12-10-25(11-13-26)20-9-6-14-28-20/h1,5-9,14-15H,4,10-13,16H2,2H3,(H,22,23)(H,24,27). The van der Waals surface area contributed by atoms with Crippen LogP contribution < -0.4 is 15.5 Å². The summed E-state index contributed by atoms with van der Waals surface area (Å²) in [5.74, 6) is 3.18. The maximum atomic E-state index is 12.3. The van der Waals surface area contributed by atoms with E-state index in [0.717, 1.165) is 44.2 Å². The number of amides is 1. The summed E-state index contributed by atoms with van der Waals surface area (Å²) < 4.78 is 0. The SMILES string of the molecule is C#Cc1cccc(NC(=O)CN=C(NCC)N2CCN(c3cccs3)CC2)c1. The molecular formula is C21H25N5OS. The predicted molar refractivity (Wildman–Crippen MR) is 117 cm³/mol. The van der Waals surface area contributed by atoms with Crippen molar-refractivity contribution < 1.29 is 4.79 Å². The summed E-state index contributed by atoms with van der Waals surface area (Å²) >= 11 is 1.76. The van der Waals surface area contributed by atoms with E-state index in [1.807, 2.05) is 25.1 Å². The molecule has 0 atom stereocenters. The van der Waals surface area contributed by atoms with Crippen LogP contribution in [0.25, 0.3) is 0 Å². The van der Waals surface area contributed by atoms with Gasteiger partial charge in [0.1, 0.15) is 6.54 Å². The second-order valence-corrected chi connectivity index (χ2v) is 7.30. The van der Waals surface area contributed by atoms with E-state index in [9.17, 15) is 4.79 Å². The lowest BCUT2D eigenvalue weighted by Crippen LogP contribution is -2.52. The smallest absolute Gasteiger partial charge is 0.246 e. The Morgan fingerprint density at radius 1 is 1.25 bits per heavy atom. The maximum absolute atomic E-state index is 12.3. The van der Waals surface area contributed by atoms with E-state index >= 15 is 0 Å². The highest BCUT2D eigenvalue weighted by atomic mass is 32.1. The Morgan fingerprint density at radius 3 is 2.75 bits per heavy atom. The molecule has 2 heterocycles. The van der Waals surface area contributed by atoms with Crippen LogP contribution in [0, 0.1) is 12.3 Å². The molecule has 0 saturated carbocycles. The average molecular weight is 396 g/mol. The number of aliphatic imine (C=N–C) groups is 1. The van der Waals surface area contributed by atoms with Gasteiger partial charge in [-0.2, -0.15) is 0 Å². The second kappa shape index (κ2) is 9.81. The minimum absolute atomic E-state index is 0.0632. The summed E-state index contributed by atoms with van der Waals surface area (Å²) in [6.45, 7) is 6.48. The van der Waals surface area contributed by atoms with Gasteiger partial charge in [-0.15, -0.1) is 17.8 Å². The topological polar surface area (TPSA) is 60.0 Å². The van der Waals surface area contributed by atoms with E-state index in [2.05, 4.69) is 48.9 Å². The number of carbonyl (C=O) groups is 1. The highest BCUT2D eigenvalue weighted by molar-refractivity contribution is 7.14. The van der Waals surface area contributed by atoms with Gasteiger partial charge in [0.15, 0.2) is 5.96 Å². The number of anilines is 2. The molecule has 0 spiro atoms. The van der Waals surface area contributed by atoms with Crippen LogP contribution in [0.2, 0.25) is 0 Å². The Hall–Kier alpha value is -2.98. The molecule has 146 valence electrons. The van der Waals surface area contributed by atoms with E-state index < -0.39 is 0 Å². The maximum Gasteiger partial charge on any atom is 0.246 e. The first-order valence-electron chi connectivity index (χ1n) is 9.38. The fraction of sp³-hybridized carbons (Fsp3) is 0.333. The van der Waals surface area contributed by atoms with Crippen molar-refractivity contribution in [3.8, 4) is 12.3 Å². The Labute approximate surface area is 170 Å². The van der Waals surface area contributed by atoms with Gasteiger partial charge in [-0.1, -0.05) is 12.0 Å². The molecule has 0 aliphatic carbocycles. The largest absolute Gasteiger partial charge is 0.360 e. The highest BCUT2D eigenvalue weighted by Crippen LogP contribution is 2.22. The molecule has 2 aromatic rings. The number of rotatable bonds is 5. The van der Waals surface area contributed by atoms with Gasteiger partial charge in [0.25, 0.3) is 0 Å². The van der Waals surface area contributed by atoms with Gasteiger partial charge in [0.2, 0.25) is 5.91 Å². The van der Waals surface area contributed by atoms with Crippen molar-refractivity contribution >= 4 is 33.9 Å². The van der Waals surface area contributed by atoms with Crippen molar-refractivity contribution in [2.24, 2.45) is 4.99 Å². The first kappa shape index (κ1) is 19.8. The zero-order chi connectivity index (χ0) is 19.8. The zero-order valence-electron chi connectivity index (χ0n) is 16.0. The molecule has 1 saturated heterocycles. The third-order valence-corrected chi connectivity index (χ3v) is 5.35. The lowest BCUT2D eigenvalue weighted by molar-refractivity contribution is -0.114. The first-order valence-corrected chi connectivity index (χ1v) is 10.3. The first-order chi connectivity index (χ1) is 13.7. The number of benzene rings is 1. The molecule has 28 heavy (non-hydrogen) atoms. The quantitative estimate of drug-likeness (QED) is 0.464. The minimum atomic E-state index is -0.165. The molecule has 1 aromatic carbocycles. The third-order valence-electron chi connectivity index (χ3n) is 4.42. The van der Waals surface area contributed by atoms with Gasteiger partial charge in [0, 0.05) is 44.0 Å². The normalized spacial score (nSPS) is 14.5. The summed E-state index contributed by atoms with van der Waals surface area (Å²) in [7, 11) is 0. The lowest BCUT2D eigenvalue weighted by Gasteiger charge is -2.37. The molecule has 7 heteroatoms. The van der Waals surface area contributed by atoms with E-state index in [1.165, 1.54) is 5.00 Å². The highest BCUT2D eigenvalue weighted by Gasteiger charge is 2.20. The molecule has 0 unspecified atom stereocenters. The van der Waals surface area contributed by atoms with Crippen molar-refractivity contribution in [3.05, 3.63) is 47.3 Å². The average Bonchev–Trinajstić information content (AvgIpc) is 3.26. The van der Waals surface area contributed by atoms with Crippen molar-refractivity contribution in [2.75, 3.05) is 49.5 Å². The van der Waals surface area contributed by atoms with Crippen LogP contribution in [0.4, 0.5) is 10.7 Å². The summed E-state index contributed by atoms with van der Waals surface area (Å²) in [5.41, 5.74) is 1.42. The third kappa shape index (κ3) is 5.27. The number of guanidine groups is 1. The van der Waals surface area contributed by atoms with Crippen molar-refractivity contribution in [3.63, 3.8) is 0 Å². The van der Waals surface area contributed by atoms with E-state index in [0.29, 0.717) is 5.69 Å². The lowest BCUT2D eigenvalue weighted by atomic mass is 10.2. The van der Waals surface area contributed by atoms with Gasteiger partial charge in [-0.05, 0) is 42.6 Å². The van der Waals surface area contributed by atoms with E-state index in [4.69, 9.17) is 6.42 Å². The number of nitrogens with zero attached hydrogens (tertiary/aromatic N) is 3. The van der Waals surface area contributed by atoms with Crippen LogP contribution in [0.1, 0.15) is 12.5 Å². The Kier molecular flexibility index (Phi) is 6.93. The zero-order valence-corrected chi connectivity index (χ0v) is 16.8. The molecule has 1 aliphatic rings. The van der Waals surface area contributed by atoms with Crippen LogP contribution in [-0.4, -0.2) is 56.0 Å². The van der Waals surface area contributed by atoms with Gasteiger partial charge in [-0.3, -0.25) is 4.79 Å². The van der Waals surface area contributed by atoms with Crippen LogP contribution in [-0.2, 0) is 4.79 Å². The van der Waals surface area contributed by atoms with Crippen LogP contribution in [0.5, 0.6) is 0 Å². The summed E-state index contributed by atoms with van der Waals surface area (Å²) in [5, 5.41) is 9.54. The van der Waals surface area contributed by atoms with Gasteiger partial charge in [-0.25, -0.2) is 4.99 Å². The van der Waals surface area contributed by atoms with E-state index in [-0.39, 0.29) is 12.5 Å². The Morgan fingerprint density at radius 2 is 2.07 bits per heavy atom. The Bertz CT molecular complexity index is 848. The van der Waals surface area contributed by atoms with E-state index in [1.54, 1.807) is 17.4 Å². The fourth-order valence-electron chi connectivity index (χ4n) is 3.05. The molecule has 1 fully saturated rings. The molecule has 1 aromatic heterocycles. The predicted octanol–water partition coefficient (Wildman–Crippen LogP) is 2.46. The number of hydrogen-bond acceptors (Lipinski definition) is 4. The number of nitrogens with one attached hydrogen (secondary N) is 2. The monoisotopic (exact) mass is 395 g/mol. The molecule has 6 nitrogen and oxygen atoms in total.